The van der Waals surface area contributed by atoms with Crippen molar-refractivity contribution in [2.45, 2.75) is 32.8 Å². The van der Waals surface area contributed by atoms with E-state index >= 15 is 0 Å². The van der Waals surface area contributed by atoms with Gasteiger partial charge in [-0.2, -0.15) is 0 Å². The van der Waals surface area contributed by atoms with Gasteiger partial charge in [-0.25, -0.2) is 0 Å². The smallest absolute Gasteiger partial charge is 0.0627 e. The Morgan fingerprint density at radius 3 is 2.60 bits per heavy atom. The van der Waals surface area contributed by atoms with Gasteiger partial charge in [0.15, 0.2) is 0 Å². The minimum Gasteiger partial charge on any atom is -0.392 e. The predicted octanol–water partition coefficient (Wildman–Crippen LogP) is 0.916. The monoisotopic (exact) mass is 164 g/mol. The maximum atomic E-state index is 11.0. The molecule has 0 fully saturated rings. The van der Waals surface area contributed by atoms with Crippen LogP contribution in [0.4, 0.5) is 0 Å². The Morgan fingerprint density at radius 1 is 1.60 bits per heavy atom. The second-order valence-corrected chi connectivity index (χ2v) is 4.13. The van der Waals surface area contributed by atoms with Crippen LogP contribution in [-0.4, -0.2) is 26.9 Å². The van der Waals surface area contributed by atoms with Crippen LogP contribution in [0.3, 0.4) is 0 Å². The van der Waals surface area contributed by atoms with E-state index in [1.165, 1.54) is 0 Å². The summed E-state index contributed by atoms with van der Waals surface area (Å²) in [5.41, 5.74) is 0. The highest BCUT2D eigenvalue weighted by Gasteiger charge is 2.02. The fourth-order valence-electron chi connectivity index (χ4n) is 0.658. The predicted molar refractivity (Wildman–Crippen MR) is 44.5 cm³/mol. The molecule has 0 aliphatic heterocycles. The van der Waals surface area contributed by atoms with E-state index in [2.05, 4.69) is 6.92 Å². The normalized spacial score (nSPS) is 16.7. The number of unbranched alkanes of at least 4 members (excludes halogenated alkanes) is 1. The van der Waals surface area contributed by atoms with Crippen molar-refractivity contribution in [3.05, 3.63) is 0 Å². The fourth-order valence-corrected chi connectivity index (χ4v) is 1.97. The first-order chi connectivity index (χ1) is 4.66. The van der Waals surface area contributed by atoms with Crippen LogP contribution in [0.1, 0.15) is 26.7 Å². The molecule has 0 bridgehead atoms. The van der Waals surface area contributed by atoms with Crippen molar-refractivity contribution >= 4 is 10.8 Å². The Labute approximate surface area is 65.1 Å². The van der Waals surface area contributed by atoms with Gasteiger partial charge in [0.2, 0.25) is 0 Å². The highest BCUT2D eigenvalue weighted by atomic mass is 32.2. The molecule has 0 amide bonds. The van der Waals surface area contributed by atoms with E-state index in [-0.39, 0.29) is 0 Å². The van der Waals surface area contributed by atoms with E-state index < -0.39 is 16.9 Å². The van der Waals surface area contributed by atoms with Crippen LogP contribution in [0, 0.1) is 0 Å². The van der Waals surface area contributed by atoms with Gasteiger partial charge in [0.05, 0.1) is 6.10 Å². The van der Waals surface area contributed by atoms with Gasteiger partial charge in [-0.05, 0) is 13.3 Å². The van der Waals surface area contributed by atoms with E-state index in [0.29, 0.717) is 5.75 Å². The lowest BCUT2D eigenvalue weighted by Gasteiger charge is -2.02. The summed E-state index contributed by atoms with van der Waals surface area (Å²) in [6.07, 6.45) is 1.66. The molecular weight excluding hydrogens is 148 g/mol. The number of aliphatic hydroxyl groups excluding tert-OH is 1. The third kappa shape index (κ3) is 6.23. The third-order valence-electron chi connectivity index (χ3n) is 1.15. The van der Waals surface area contributed by atoms with Crippen molar-refractivity contribution in [2.75, 3.05) is 11.5 Å². The van der Waals surface area contributed by atoms with Gasteiger partial charge in [-0.3, -0.25) is 4.21 Å². The van der Waals surface area contributed by atoms with E-state index in [0.717, 1.165) is 18.6 Å². The summed E-state index contributed by atoms with van der Waals surface area (Å²) < 4.78 is 11.0. The average molecular weight is 164 g/mol. The maximum Gasteiger partial charge on any atom is 0.0627 e. The van der Waals surface area contributed by atoms with Crippen LogP contribution in [-0.2, 0) is 10.8 Å². The molecule has 0 aromatic rings. The van der Waals surface area contributed by atoms with Crippen molar-refractivity contribution in [3.63, 3.8) is 0 Å². The SMILES string of the molecule is CCCCS(=O)CC(C)O. The molecule has 0 aliphatic carbocycles. The lowest BCUT2D eigenvalue weighted by Crippen LogP contribution is -2.14. The molecule has 3 heteroatoms. The topological polar surface area (TPSA) is 37.3 Å². The average Bonchev–Trinajstić information content (AvgIpc) is 1.82. The van der Waals surface area contributed by atoms with Crippen LogP contribution < -0.4 is 0 Å². The van der Waals surface area contributed by atoms with Crippen LogP contribution in [0.2, 0.25) is 0 Å². The zero-order chi connectivity index (χ0) is 7.98. The van der Waals surface area contributed by atoms with E-state index in [9.17, 15) is 4.21 Å². The van der Waals surface area contributed by atoms with Crippen molar-refractivity contribution in [1.82, 2.24) is 0 Å². The van der Waals surface area contributed by atoms with Gasteiger partial charge in [0, 0.05) is 22.3 Å². The maximum absolute atomic E-state index is 11.0. The largest absolute Gasteiger partial charge is 0.392 e. The molecule has 2 atom stereocenters. The van der Waals surface area contributed by atoms with Gasteiger partial charge < -0.3 is 5.11 Å². The first-order valence-electron chi connectivity index (χ1n) is 3.69. The highest BCUT2D eigenvalue weighted by Crippen LogP contribution is 1.94. The summed E-state index contributed by atoms with van der Waals surface area (Å²) >= 11 is 0. The van der Waals surface area contributed by atoms with Gasteiger partial charge in [-0.15, -0.1) is 0 Å². The summed E-state index contributed by atoms with van der Waals surface area (Å²) in [4.78, 5) is 0. The lowest BCUT2D eigenvalue weighted by molar-refractivity contribution is 0.219. The molecule has 0 radical (unpaired) electrons. The molecule has 1 N–H and O–H groups in total. The molecule has 0 heterocycles. The molecule has 0 aromatic carbocycles. The quantitative estimate of drug-likeness (QED) is 0.656. The van der Waals surface area contributed by atoms with Crippen molar-refractivity contribution in [2.24, 2.45) is 0 Å². The molecular formula is C7H16O2S. The minimum atomic E-state index is -0.800. The Balaban J connectivity index is 3.26. The van der Waals surface area contributed by atoms with Crippen LogP contribution in [0.5, 0.6) is 0 Å². The van der Waals surface area contributed by atoms with Crippen molar-refractivity contribution < 1.29 is 9.32 Å². The third-order valence-corrected chi connectivity index (χ3v) is 2.75. The van der Waals surface area contributed by atoms with Gasteiger partial charge in [0.25, 0.3) is 0 Å². The van der Waals surface area contributed by atoms with Crippen molar-refractivity contribution in [3.8, 4) is 0 Å². The summed E-state index contributed by atoms with van der Waals surface area (Å²) in [5.74, 6) is 1.17. The molecule has 0 saturated carbocycles. The lowest BCUT2D eigenvalue weighted by atomic mass is 10.4. The molecule has 2 nitrogen and oxygen atoms in total. The second-order valence-electron chi connectivity index (χ2n) is 2.51. The van der Waals surface area contributed by atoms with Crippen molar-refractivity contribution in [1.29, 1.82) is 0 Å². The highest BCUT2D eigenvalue weighted by molar-refractivity contribution is 7.85. The van der Waals surface area contributed by atoms with Gasteiger partial charge in [0.1, 0.15) is 0 Å². The first-order valence-corrected chi connectivity index (χ1v) is 5.18. The van der Waals surface area contributed by atoms with Crippen LogP contribution in [0.25, 0.3) is 0 Å². The Hall–Kier alpha value is 0.110. The molecule has 0 saturated heterocycles. The Bertz CT molecular complexity index is 102. The molecule has 0 rings (SSSR count). The summed E-state index contributed by atoms with van der Waals surface area (Å²) in [5, 5.41) is 8.83. The molecule has 0 aromatic heterocycles. The zero-order valence-electron chi connectivity index (χ0n) is 6.67. The molecule has 2 unspecified atom stereocenters. The summed E-state index contributed by atoms with van der Waals surface area (Å²) in [7, 11) is -0.800. The first kappa shape index (κ1) is 10.1. The standard InChI is InChI=1S/C7H16O2S/c1-3-4-5-10(9)6-7(2)8/h7-8H,3-6H2,1-2H3. The molecule has 62 valence electrons. The second kappa shape index (κ2) is 5.86. The Kier molecular flexibility index (Phi) is 5.93. The van der Waals surface area contributed by atoms with E-state index in [1.807, 2.05) is 0 Å². The molecule has 0 aliphatic rings. The summed E-state index contributed by atoms with van der Waals surface area (Å²) in [6.45, 7) is 3.74. The van der Waals surface area contributed by atoms with Crippen LogP contribution >= 0.6 is 0 Å². The van der Waals surface area contributed by atoms with Gasteiger partial charge >= 0.3 is 0 Å². The number of hydrogen-bond donors (Lipinski definition) is 1. The minimum absolute atomic E-state index is 0.419. The fraction of sp³-hybridized carbons (Fsp3) is 1.00. The summed E-state index contributed by atoms with van der Waals surface area (Å²) in [6, 6.07) is 0. The Morgan fingerprint density at radius 2 is 2.20 bits per heavy atom. The van der Waals surface area contributed by atoms with E-state index in [4.69, 9.17) is 5.11 Å². The zero-order valence-corrected chi connectivity index (χ0v) is 7.49. The van der Waals surface area contributed by atoms with Gasteiger partial charge in [-0.1, -0.05) is 13.3 Å². The van der Waals surface area contributed by atoms with E-state index in [1.54, 1.807) is 6.92 Å². The number of aliphatic hydroxyl groups is 1. The van der Waals surface area contributed by atoms with Crippen LogP contribution in [0.15, 0.2) is 0 Å². The number of hydrogen-bond acceptors (Lipinski definition) is 2. The number of rotatable bonds is 5. The molecule has 10 heavy (non-hydrogen) atoms. The molecule has 0 spiro atoms.